The van der Waals surface area contributed by atoms with Gasteiger partial charge in [0, 0.05) is 0 Å². The Kier molecular flexibility index (Phi) is 20.5. The Bertz CT molecular complexity index is 491. The van der Waals surface area contributed by atoms with Gasteiger partial charge < -0.3 is 35.6 Å². The number of carbonyl (C=O) groups excluding carboxylic acids is 2. The molecule has 0 saturated heterocycles. The zero-order valence-electron chi connectivity index (χ0n) is 20.3. The van der Waals surface area contributed by atoms with E-state index in [0.29, 0.717) is 0 Å². The number of amides is 1. The Balaban J connectivity index is 3.59. The van der Waals surface area contributed by atoms with Gasteiger partial charge in [-0.15, -0.1) is 0 Å². The molecule has 0 spiro atoms. The topological polar surface area (TPSA) is 157 Å². The Morgan fingerprint density at radius 2 is 1.18 bits per heavy atom. The number of esters is 1. The summed E-state index contributed by atoms with van der Waals surface area (Å²) in [4.78, 5) is 23.4. The Morgan fingerprint density at radius 3 is 1.64 bits per heavy atom. The lowest BCUT2D eigenvalue weighted by Gasteiger charge is -2.24. The summed E-state index contributed by atoms with van der Waals surface area (Å²) in [7, 11) is 0. The van der Waals surface area contributed by atoms with Crippen molar-refractivity contribution in [2.45, 2.75) is 121 Å². The summed E-state index contributed by atoms with van der Waals surface area (Å²) in [5, 5.41) is 48.8. The number of aliphatic hydroxyl groups excluding tert-OH is 5. The molecule has 0 bridgehead atoms. The summed E-state index contributed by atoms with van der Waals surface area (Å²) < 4.78 is 5.02. The SMILES string of the molecule is CCCCCCCCCCCCCCCCOC(=O)CNC(=O)[C@H](O)[C@@H](O)[C@H](O)[C@H](O)CO. The van der Waals surface area contributed by atoms with Crippen molar-refractivity contribution in [1.29, 1.82) is 0 Å². The molecule has 0 heterocycles. The number of rotatable bonds is 22. The van der Waals surface area contributed by atoms with Crippen molar-refractivity contribution < 1.29 is 39.9 Å². The van der Waals surface area contributed by atoms with Crippen LogP contribution in [0.4, 0.5) is 0 Å². The molecule has 0 aliphatic rings. The zero-order chi connectivity index (χ0) is 24.9. The third-order valence-corrected chi connectivity index (χ3v) is 5.69. The van der Waals surface area contributed by atoms with E-state index < -0.39 is 49.4 Å². The first kappa shape index (κ1) is 31.7. The predicted molar refractivity (Wildman–Crippen MR) is 125 cm³/mol. The lowest BCUT2D eigenvalue weighted by molar-refractivity contribution is -0.152. The number of ether oxygens (including phenoxy) is 1. The smallest absolute Gasteiger partial charge is 0.325 e. The largest absolute Gasteiger partial charge is 0.464 e. The summed E-state index contributed by atoms with van der Waals surface area (Å²) in [6, 6.07) is 0. The number of carbonyl (C=O) groups is 2. The molecule has 0 aliphatic heterocycles. The second-order valence-corrected chi connectivity index (χ2v) is 8.71. The molecule has 33 heavy (non-hydrogen) atoms. The van der Waals surface area contributed by atoms with Crippen LogP contribution < -0.4 is 5.32 Å². The van der Waals surface area contributed by atoms with Gasteiger partial charge in [-0.05, 0) is 6.42 Å². The van der Waals surface area contributed by atoms with Crippen LogP contribution in [0.15, 0.2) is 0 Å². The molecule has 0 aliphatic carbocycles. The number of aliphatic hydroxyl groups is 5. The molecule has 0 aromatic rings. The summed E-state index contributed by atoms with van der Waals surface area (Å²) in [6.07, 6.45) is 9.54. The molecule has 0 saturated carbocycles. The molecular weight excluding hydrogens is 430 g/mol. The summed E-state index contributed by atoms with van der Waals surface area (Å²) in [5.74, 6) is -1.77. The first-order valence-corrected chi connectivity index (χ1v) is 12.6. The van der Waals surface area contributed by atoms with Crippen LogP contribution in [0.1, 0.15) is 96.8 Å². The Hall–Kier alpha value is -1.26. The number of unbranched alkanes of at least 4 members (excludes halogenated alkanes) is 13. The highest BCUT2D eigenvalue weighted by molar-refractivity contribution is 5.85. The molecule has 0 radical (unpaired) electrons. The fraction of sp³-hybridized carbons (Fsp3) is 0.917. The fourth-order valence-electron chi connectivity index (χ4n) is 3.47. The molecule has 1 amide bonds. The van der Waals surface area contributed by atoms with E-state index in [-0.39, 0.29) is 6.61 Å². The van der Waals surface area contributed by atoms with E-state index in [1.807, 2.05) is 0 Å². The fourth-order valence-corrected chi connectivity index (χ4v) is 3.47. The van der Waals surface area contributed by atoms with E-state index >= 15 is 0 Å². The van der Waals surface area contributed by atoms with Gasteiger partial charge in [0.15, 0.2) is 6.10 Å². The van der Waals surface area contributed by atoms with E-state index in [4.69, 9.17) is 9.84 Å². The standard InChI is InChI=1S/C24H47NO8/c1-2-3-4-5-6-7-8-9-10-11-12-13-14-15-16-33-20(28)17-25-24(32)23(31)22(30)21(29)19(27)18-26/h19,21-23,26-27,29-31H,2-18H2,1H3,(H,25,32)/t19-,21-,22+,23-/m1/s1. The molecule has 9 nitrogen and oxygen atoms in total. The molecule has 0 aromatic carbocycles. The van der Waals surface area contributed by atoms with Crippen molar-refractivity contribution in [3.63, 3.8) is 0 Å². The van der Waals surface area contributed by atoms with E-state index in [1.54, 1.807) is 0 Å². The second kappa shape index (κ2) is 21.3. The van der Waals surface area contributed by atoms with Crippen molar-refractivity contribution in [2.24, 2.45) is 0 Å². The lowest BCUT2D eigenvalue weighted by Crippen LogP contribution is -2.52. The van der Waals surface area contributed by atoms with Gasteiger partial charge in [-0.2, -0.15) is 0 Å². The Morgan fingerprint density at radius 1 is 0.727 bits per heavy atom. The van der Waals surface area contributed by atoms with Gasteiger partial charge in [0.05, 0.1) is 13.2 Å². The molecule has 0 fully saturated rings. The third-order valence-electron chi connectivity index (χ3n) is 5.69. The molecule has 0 unspecified atom stereocenters. The van der Waals surface area contributed by atoms with Crippen molar-refractivity contribution in [3.05, 3.63) is 0 Å². The van der Waals surface area contributed by atoms with Gasteiger partial charge >= 0.3 is 5.97 Å². The molecule has 0 rings (SSSR count). The minimum Gasteiger partial charge on any atom is -0.464 e. The highest BCUT2D eigenvalue weighted by Crippen LogP contribution is 2.13. The number of nitrogens with one attached hydrogen (secondary N) is 1. The van der Waals surface area contributed by atoms with E-state index in [9.17, 15) is 30.0 Å². The first-order valence-electron chi connectivity index (χ1n) is 12.6. The van der Waals surface area contributed by atoms with Crippen molar-refractivity contribution >= 4 is 11.9 Å². The highest BCUT2D eigenvalue weighted by Gasteiger charge is 2.34. The Labute approximate surface area is 198 Å². The summed E-state index contributed by atoms with van der Waals surface area (Å²) >= 11 is 0. The summed E-state index contributed by atoms with van der Waals surface area (Å²) in [5.41, 5.74) is 0. The van der Waals surface area contributed by atoms with Crippen LogP contribution in [-0.2, 0) is 14.3 Å². The highest BCUT2D eigenvalue weighted by atomic mass is 16.5. The average molecular weight is 478 g/mol. The summed E-state index contributed by atoms with van der Waals surface area (Å²) in [6.45, 7) is 1.15. The average Bonchev–Trinajstić information content (AvgIpc) is 2.82. The van der Waals surface area contributed by atoms with Crippen LogP contribution in [0.2, 0.25) is 0 Å². The van der Waals surface area contributed by atoms with Crippen LogP contribution in [0, 0.1) is 0 Å². The third kappa shape index (κ3) is 16.9. The minimum atomic E-state index is -2.07. The molecule has 6 N–H and O–H groups in total. The van der Waals surface area contributed by atoms with Gasteiger partial charge in [0.25, 0.3) is 5.91 Å². The maximum atomic E-state index is 11.7. The van der Waals surface area contributed by atoms with Gasteiger partial charge in [0.2, 0.25) is 0 Å². The normalized spacial score (nSPS) is 15.0. The van der Waals surface area contributed by atoms with E-state index in [1.165, 1.54) is 70.6 Å². The molecular formula is C24H47NO8. The van der Waals surface area contributed by atoms with Gasteiger partial charge in [-0.1, -0.05) is 90.4 Å². The zero-order valence-corrected chi connectivity index (χ0v) is 20.3. The van der Waals surface area contributed by atoms with E-state index in [0.717, 1.165) is 19.3 Å². The van der Waals surface area contributed by atoms with Gasteiger partial charge in [-0.25, -0.2) is 0 Å². The molecule has 9 heteroatoms. The maximum Gasteiger partial charge on any atom is 0.325 e. The maximum absolute atomic E-state index is 11.7. The second-order valence-electron chi connectivity index (χ2n) is 8.71. The van der Waals surface area contributed by atoms with Gasteiger partial charge in [0.1, 0.15) is 24.9 Å². The number of hydrogen-bond acceptors (Lipinski definition) is 8. The predicted octanol–water partition coefficient (Wildman–Crippen LogP) is 1.56. The lowest BCUT2D eigenvalue weighted by atomic mass is 10.0. The van der Waals surface area contributed by atoms with Crippen LogP contribution in [0.25, 0.3) is 0 Å². The quantitative estimate of drug-likeness (QED) is 0.101. The van der Waals surface area contributed by atoms with E-state index in [2.05, 4.69) is 12.2 Å². The van der Waals surface area contributed by atoms with Gasteiger partial charge in [-0.3, -0.25) is 9.59 Å². The van der Waals surface area contributed by atoms with Crippen LogP contribution in [0.5, 0.6) is 0 Å². The monoisotopic (exact) mass is 477 g/mol. The van der Waals surface area contributed by atoms with Crippen LogP contribution in [0.3, 0.4) is 0 Å². The van der Waals surface area contributed by atoms with Crippen LogP contribution >= 0.6 is 0 Å². The van der Waals surface area contributed by atoms with Crippen molar-refractivity contribution in [2.75, 3.05) is 19.8 Å². The molecule has 4 atom stereocenters. The van der Waals surface area contributed by atoms with Crippen LogP contribution in [-0.4, -0.2) is 81.6 Å². The van der Waals surface area contributed by atoms with Crippen molar-refractivity contribution in [1.82, 2.24) is 5.32 Å². The first-order chi connectivity index (χ1) is 15.8. The van der Waals surface area contributed by atoms with Crippen molar-refractivity contribution in [3.8, 4) is 0 Å². The molecule has 196 valence electrons. The number of hydrogen-bond donors (Lipinski definition) is 6. The minimum absolute atomic E-state index is 0.249. The molecule has 0 aromatic heterocycles.